The summed E-state index contributed by atoms with van der Waals surface area (Å²) in [6.07, 6.45) is 7.60. The zero-order valence-corrected chi connectivity index (χ0v) is 23.6. The minimum Gasteiger partial charge on any atom is -0.493 e. The number of benzene rings is 4. The number of hydrogen-bond donors (Lipinski definition) is 1. The van der Waals surface area contributed by atoms with Crippen molar-refractivity contribution in [1.82, 2.24) is 0 Å². The maximum absolute atomic E-state index is 13.5. The standard InChI is InChI=1S/C33H28FIN2O2/c1-38-31-18-22(17-29(35)33(31)39-20-21-6-4-7-24(34)16-21)19-36-25-14-12-23(13-15-25)32-28-10-5-9-26(28)27-8-2-3-11-30(27)37-32/h2-9,11-19,26,28,32,37H,10,20H2,1H3/t26-,28-,32-/m0/s1. The smallest absolute Gasteiger partial charge is 0.174 e. The number of aliphatic imine (C=N–C) groups is 1. The number of para-hydroxylation sites is 1. The van der Waals surface area contributed by atoms with Crippen LogP contribution in [0, 0.1) is 15.3 Å². The van der Waals surface area contributed by atoms with E-state index in [1.54, 1.807) is 13.2 Å². The molecule has 0 radical (unpaired) electrons. The minimum atomic E-state index is -0.280. The molecule has 4 aromatic carbocycles. The Morgan fingerprint density at radius 2 is 1.87 bits per heavy atom. The number of fused-ring (bicyclic) bond motifs is 3. The van der Waals surface area contributed by atoms with Crippen LogP contribution in [0.4, 0.5) is 15.8 Å². The van der Waals surface area contributed by atoms with Gasteiger partial charge < -0.3 is 14.8 Å². The molecule has 0 aromatic heterocycles. The van der Waals surface area contributed by atoms with Crippen LogP contribution in [0.25, 0.3) is 0 Å². The molecule has 1 aliphatic heterocycles. The van der Waals surface area contributed by atoms with Crippen LogP contribution in [-0.4, -0.2) is 13.3 Å². The highest BCUT2D eigenvalue weighted by Crippen LogP contribution is 2.49. The van der Waals surface area contributed by atoms with Crippen molar-refractivity contribution in [1.29, 1.82) is 0 Å². The minimum absolute atomic E-state index is 0.253. The van der Waals surface area contributed by atoms with E-state index in [0.29, 0.717) is 23.3 Å². The van der Waals surface area contributed by atoms with Gasteiger partial charge in [-0.1, -0.05) is 54.6 Å². The van der Waals surface area contributed by atoms with Crippen LogP contribution in [-0.2, 0) is 6.61 Å². The summed E-state index contributed by atoms with van der Waals surface area (Å²) >= 11 is 2.23. The molecule has 196 valence electrons. The van der Waals surface area contributed by atoms with Crippen LogP contribution >= 0.6 is 22.6 Å². The molecule has 1 N–H and O–H groups in total. The number of methoxy groups -OCH3 is 1. The van der Waals surface area contributed by atoms with Crippen LogP contribution in [0.3, 0.4) is 0 Å². The van der Waals surface area contributed by atoms with Gasteiger partial charge >= 0.3 is 0 Å². The van der Waals surface area contributed by atoms with Gasteiger partial charge in [-0.2, -0.15) is 0 Å². The van der Waals surface area contributed by atoms with E-state index in [0.717, 1.165) is 26.8 Å². The zero-order chi connectivity index (χ0) is 26.8. The van der Waals surface area contributed by atoms with Gasteiger partial charge in [0.2, 0.25) is 0 Å². The lowest BCUT2D eigenvalue weighted by Crippen LogP contribution is -2.28. The lowest BCUT2D eigenvalue weighted by atomic mass is 9.77. The Morgan fingerprint density at radius 1 is 1.03 bits per heavy atom. The third-order valence-corrected chi connectivity index (χ3v) is 8.21. The van der Waals surface area contributed by atoms with Crippen LogP contribution in [0.1, 0.15) is 40.6 Å². The van der Waals surface area contributed by atoms with E-state index in [1.807, 2.05) is 24.4 Å². The van der Waals surface area contributed by atoms with Crippen molar-refractivity contribution in [2.45, 2.75) is 25.0 Å². The molecule has 0 unspecified atom stereocenters. The fourth-order valence-corrected chi connectivity index (χ4v) is 6.31. The van der Waals surface area contributed by atoms with Crippen molar-refractivity contribution in [2.75, 3.05) is 12.4 Å². The van der Waals surface area contributed by atoms with Crippen molar-refractivity contribution in [3.63, 3.8) is 0 Å². The van der Waals surface area contributed by atoms with E-state index >= 15 is 0 Å². The fourth-order valence-electron chi connectivity index (χ4n) is 5.53. The largest absolute Gasteiger partial charge is 0.493 e. The van der Waals surface area contributed by atoms with Crippen LogP contribution in [0.5, 0.6) is 11.5 Å². The maximum atomic E-state index is 13.5. The van der Waals surface area contributed by atoms with E-state index in [9.17, 15) is 4.39 Å². The lowest BCUT2D eigenvalue weighted by molar-refractivity contribution is 0.282. The first kappa shape index (κ1) is 25.6. The average Bonchev–Trinajstić information content (AvgIpc) is 3.46. The molecule has 6 rings (SSSR count). The summed E-state index contributed by atoms with van der Waals surface area (Å²) in [5.41, 5.74) is 6.45. The van der Waals surface area contributed by atoms with Gasteiger partial charge in [0.05, 0.1) is 22.4 Å². The highest BCUT2D eigenvalue weighted by molar-refractivity contribution is 14.1. The van der Waals surface area contributed by atoms with Gasteiger partial charge in [-0.25, -0.2) is 4.39 Å². The first-order chi connectivity index (χ1) is 19.1. The molecular formula is C33H28FIN2O2. The number of hydrogen-bond acceptors (Lipinski definition) is 4. The molecule has 6 heteroatoms. The zero-order valence-electron chi connectivity index (χ0n) is 21.5. The molecule has 1 heterocycles. The molecule has 0 fully saturated rings. The van der Waals surface area contributed by atoms with E-state index in [1.165, 1.54) is 28.9 Å². The summed E-state index contributed by atoms with van der Waals surface area (Å²) in [5, 5.41) is 3.79. The Morgan fingerprint density at radius 3 is 2.69 bits per heavy atom. The predicted molar refractivity (Wildman–Crippen MR) is 163 cm³/mol. The Kier molecular flexibility index (Phi) is 7.37. The SMILES string of the molecule is COc1cc(C=Nc2ccc([C@@H]3Nc4ccccc4[C@@H]4C=CC[C@@H]43)cc2)cc(I)c1OCc1cccc(F)c1. The summed E-state index contributed by atoms with van der Waals surface area (Å²) in [4.78, 5) is 4.72. The molecule has 3 atom stereocenters. The molecule has 1 aliphatic carbocycles. The van der Waals surface area contributed by atoms with E-state index in [-0.39, 0.29) is 18.5 Å². The van der Waals surface area contributed by atoms with Crippen molar-refractivity contribution in [3.05, 3.63) is 129 Å². The summed E-state index contributed by atoms with van der Waals surface area (Å²) in [6.45, 7) is 0.253. The predicted octanol–water partition coefficient (Wildman–Crippen LogP) is 8.60. The Labute approximate surface area is 241 Å². The molecule has 0 saturated carbocycles. The third kappa shape index (κ3) is 5.43. The highest BCUT2D eigenvalue weighted by Gasteiger charge is 2.37. The van der Waals surface area contributed by atoms with Gasteiger partial charge in [-0.15, -0.1) is 0 Å². The quantitative estimate of drug-likeness (QED) is 0.126. The number of nitrogens with one attached hydrogen (secondary N) is 1. The Bertz CT molecular complexity index is 1550. The van der Waals surface area contributed by atoms with Crippen molar-refractivity contribution < 1.29 is 13.9 Å². The lowest BCUT2D eigenvalue weighted by Gasteiger charge is -2.37. The Balaban J connectivity index is 1.17. The third-order valence-electron chi connectivity index (χ3n) is 7.41. The number of halogens is 2. The first-order valence-electron chi connectivity index (χ1n) is 13.0. The summed E-state index contributed by atoms with van der Waals surface area (Å²) in [6, 6.07) is 27.7. The number of allylic oxidation sites excluding steroid dienone is 2. The summed E-state index contributed by atoms with van der Waals surface area (Å²) in [5.74, 6) is 1.94. The number of nitrogens with zero attached hydrogens (tertiary/aromatic N) is 1. The van der Waals surface area contributed by atoms with Crippen molar-refractivity contribution in [3.8, 4) is 11.5 Å². The monoisotopic (exact) mass is 630 g/mol. The second-order valence-electron chi connectivity index (χ2n) is 9.87. The van der Waals surface area contributed by atoms with Crippen molar-refractivity contribution in [2.24, 2.45) is 10.9 Å². The molecule has 0 spiro atoms. The summed E-state index contributed by atoms with van der Waals surface area (Å²) < 4.78 is 26.0. The van der Waals surface area contributed by atoms with Gasteiger partial charge in [0.1, 0.15) is 12.4 Å². The second-order valence-corrected chi connectivity index (χ2v) is 11.0. The molecule has 0 amide bonds. The fraction of sp³-hybridized carbons (Fsp3) is 0.182. The molecule has 0 bridgehead atoms. The number of anilines is 1. The molecule has 2 aliphatic rings. The molecule has 4 nitrogen and oxygen atoms in total. The molecular weight excluding hydrogens is 602 g/mol. The van der Waals surface area contributed by atoms with Gasteiger partial charge in [-0.05, 0) is 99.6 Å². The van der Waals surface area contributed by atoms with Gasteiger partial charge in [-0.3, -0.25) is 4.99 Å². The topological polar surface area (TPSA) is 42.8 Å². The normalized spacial score (nSPS) is 19.4. The maximum Gasteiger partial charge on any atom is 0.174 e. The average molecular weight is 631 g/mol. The van der Waals surface area contributed by atoms with E-state index in [2.05, 4.69) is 88.6 Å². The van der Waals surface area contributed by atoms with E-state index in [4.69, 9.17) is 14.5 Å². The second kappa shape index (κ2) is 11.2. The van der Waals surface area contributed by atoms with Crippen LogP contribution < -0.4 is 14.8 Å². The van der Waals surface area contributed by atoms with Crippen LogP contribution in [0.15, 0.2) is 102 Å². The molecule has 39 heavy (non-hydrogen) atoms. The Hall–Kier alpha value is -3.65. The van der Waals surface area contributed by atoms with Crippen molar-refractivity contribution >= 4 is 40.2 Å². The molecule has 0 saturated heterocycles. The van der Waals surface area contributed by atoms with Gasteiger partial charge in [0, 0.05) is 17.8 Å². The summed E-state index contributed by atoms with van der Waals surface area (Å²) in [7, 11) is 1.61. The van der Waals surface area contributed by atoms with Gasteiger partial charge in [0.15, 0.2) is 11.5 Å². The van der Waals surface area contributed by atoms with Gasteiger partial charge in [0.25, 0.3) is 0 Å². The van der Waals surface area contributed by atoms with E-state index < -0.39 is 0 Å². The number of rotatable bonds is 7. The number of ether oxygens (including phenoxy) is 2. The molecule has 4 aromatic rings. The van der Waals surface area contributed by atoms with Crippen LogP contribution in [0.2, 0.25) is 0 Å². The highest BCUT2D eigenvalue weighted by atomic mass is 127. The first-order valence-corrected chi connectivity index (χ1v) is 14.1.